The third-order valence-electron chi connectivity index (χ3n) is 2.33. The Kier molecular flexibility index (Phi) is 2.74. The van der Waals surface area contributed by atoms with Crippen molar-refractivity contribution >= 4 is 28.8 Å². The Bertz CT molecular complexity index is 350. The fraction of sp³-hybridized carbons (Fsp3) is 0.556. The lowest BCUT2D eigenvalue weighted by molar-refractivity contribution is -0.131. The summed E-state index contributed by atoms with van der Waals surface area (Å²) >= 11 is 7.37. The van der Waals surface area contributed by atoms with Crippen LogP contribution in [0.5, 0.6) is 0 Å². The Morgan fingerprint density at radius 1 is 1.79 bits per heavy atom. The minimum atomic E-state index is -0.426. The van der Waals surface area contributed by atoms with E-state index < -0.39 is 5.38 Å². The molecule has 1 aliphatic rings. The van der Waals surface area contributed by atoms with Gasteiger partial charge in [0.05, 0.1) is 17.7 Å². The fourth-order valence-electron chi connectivity index (χ4n) is 1.56. The molecule has 1 amide bonds. The summed E-state index contributed by atoms with van der Waals surface area (Å²) in [6, 6.07) is 0. The molecule has 3 nitrogen and oxygen atoms in total. The van der Waals surface area contributed by atoms with Gasteiger partial charge < -0.3 is 4.90 Å². The third-order valence-corrected chi connectivity index (χ3v) is 3.38. The van der Waals surface area contributed by atoms with Gasteiger partial charge in [0.2, 0.25) is 5.91 Å². The van der Waals surface area contributed by atoms with Crippen molar-refractivity contribution in [1.82, 2.24) is 9.88 Å². The van der Waals surface area contributed by atoms with Gasteiger partial charge in [0.15, 0.2) is 0 Å². The van der Waals surface area contributed by atoms with Crippen LogP contribution in [0.3, 0.4) is 0 Å². The first-order valence-corrected chi connectivity index (χ1v) is 5.84. The van der Waals surface area contributed by atoms with Crippen molar-refractivity contribution in [3.8, 4) is 0 Å². The molecule has 1 aromatic heterocycles. The van der Waals surface area contributed by atoms with Gasteiger partial charge in [-0.1, -0.05) is 0 Å². The number of hydrogen-bond donors (Lipinski definition) is 0. The van der Waals surface area contributed by atoms with Crippen LogP contribution >= 0.6 is 22.9 Å². The molecule has 2 heterocycles. The number of thiazole rings is 1. The zero-order chi connectivity index (χ0) is 10.1. The standard InChI is InChI=1S/C9H11ClN2OS/c1-6(10)9(13)12-3-2-7-8(4-12)14-5-11-7/h5-6H,2-4H2,1H3. The van der Waals surface area contributed by atoms with Crippen LogP contribution in [0.1, 0.15) is 17.5 Å². The molecule has 1 aromatic rings. The third kappa shape index (κ3) is 1.77. The first-order chi connectivity index (χ1) is 6.68. The van der Waals surface area contributed by atoms with E-state index in [-0.39, 0.29) is 5.91 Å². The Balaban J connectivity index is 2.11. The van der Waals surface area contributed by atoms with E-state index in [2.05, 4.69) is 4.98 Å². The quantitative estimate of drug-likeness (QED) is 0.688. The summed E-state index contributed by atoms with van der Waals surface area (Å²) in [5, 5.41) is -0.426. The lowest BCUT2D eigenvalue weighted by atomic mass is 10.1. The maximum atomic E-state index is 11.6. The van der Waals surface area contributed by atoms with E-state index in [1.807, 2.05) is 5.51 Å². The van der Waals surface area contributed by atoms with E-state index in [0.29, 0.717) is 6.54 Å². The van der Waals surface area contributed by atoms with Crippen molar-refractivity contribution in [2.45, 2.75) is 25.3 Å². The number of fused-ring (bicyclic) bond motifs is 1. The molecule has 0 fully saturated rings. The number of alkyl halides is 1. The highest BCUT2D eigenvalue weighted by Gasteiger charge is 2.24. The lowest BCUT2D eigenvalue weighted by Crippen LogP contribution is -2.39. The van der Waals surface area contributed by atoms with Crippen LogP contribution in [0.2, 0.25) is 0 Å². The van der Waals surface area contributed by atoms with Crippen molar-refractivity contribution < 1.29 is 4.79 Å². The van der Waals surface area contributed by atoms with Crippen LogP contribution in [0, 0.1) is 0 Å². The van der Waals surface area contributed by atoms with E-state index in [1.165, 1.54) is 4.88 Å². The molecule has 1 atom stereocenters. The summed E-state index contributed by atoms with van der Waals surface area (Å²) in [6.07, 6.45) is 0.855. The molecule has 0 N–H and O–H groups in total. The Labute approximate surface area is 91.7 Å². The number of amides is 1. The predicted molar refractivity (Wildman–Crippen MR) is 56.6 cm³/mol. The second kappa shape index (κ2) is 3.87. The second-order valence-corrected chi connectivity index (χ2v) is 4.94. The molecule has 14 heavy (non-hydrogen) atoms. The zero-order valence-electron chi connectivity index (χ0n) is 7.86. The van der Waals surface area contributed by atoms with Crippen LogP contribution in [-0.4, -0.2) is 27.7 Å². The number of carbonyl (C=O) groups excluding carboxylic acids is 1. The largest absolute Gasteiger partial charge is 0.336 e. The zero-order valence-corrected chi connectivity index (χ0v) is 9.44. The van der Waals surface area contributed by atoms with E-state index >= 15 is 0 Å². The summed E-state index contributed by atoms with van der Waals surface area (Å²) in [4.78, 5) is 18.9. The van der Waals surface area contributed by atoms with Crippen LogP contribution in [0.25, 0.3) is 0 Å². The number of nitrogens with zero attached hydrogens (tertiary/aromatic N) is 2. The minimum absolute atomic E-state index is 0.0192. The highest BCUT2D eigenvalue weighted by atomic mass is 35.5. The predicted octanol–water partition coefficient (Wildman–Crippen LogP) is 1.66. The SMILES string of the molecule is CC(Cl)C(=O)N1CCc2ncsc2C1. The van der Waals surface area contributed by atoms with Crippen molar-refractivity contribution in [2.24, 2.45) is 0 Å². The molecule has 0 aliphatic carbocycles. The Morgan fingerprint density at radius 3 is 3.29 bits per heavy atom. The van der Waals surface area contributed by atoms with Gasteiger partial charge in [-0.25, -0.2) is 4.98 Å². The van der Waals surface area contributed by atoms with Gasteiger partial charge in [-0.05, 0) is 6.92 Å². The van der Waals surface area contributed by atoms with Crippen molar-refractivity contribution in [3.05, 3.63) is 16.1 Å². The van der Waals surface area contributed by atoms with E-state index in [0.717, 1.165) is 18.7 Å². The molecule has 76 valence electrons. The first kappa shape index (κ1) is 9.93. The molecule has 0 spiro atoms. The normalized spacial score (nSPS) is 17.7. The monoisotopic (exact) mass is 230 g/mol. The van der Waals surface area contributed by atoms with Gasteiger partial charge in [-0.2, -0.15) is 0 Å². The number of carbonyl (C=O) groups is 1. The molecule has 0 aromatic carbocycles. The van der Waals surface area contributed by atoms with Gasteiger partial charge >= 0.3 is 0 Å². The number of rotatable bonds is 1. The molecule has 0 bridgehead atoms. The van der Waals surface area contributed by atoms with E-state index in [1.54, 1.807) is 23.2 Å². The summed E-state index contributed by atoms with van der Waals surface area (Å²) in [7, 11) is 0. The molecule has 0 radical (unpaired) electrons. The molecular weight excluding hydrogens is 220 g/mol. The number of aromatic nitrogens is 1. The molecule has 1 aliphatic heterocycles. The van der Waals surface area contributed by atoms with Gasteiger partial charge in [0, 0.05) is 17.8 Å². The minimum Gasteiger partial charge on any atom is -0.336 e. The van der Waals surface area contributed by atoms with Crippen molar-refractivity contribution in [3.63, 3.8) is 0 Å². The smallest absolute Gasteiger partial charge is 0.240 e. The van der Waals surface area contributed by atoms with Crippen molar-refractivity contribution in [1.29, 1.82) is 0 Å². The molecule has 0 saturated carbocycles. The maximum Gasteiger partial charge on any atom is 0.240 e. The summed E-state index contributed by atoms with van der Waals surface area (Å²) in [5.74, 6) is 0.0192. The topological polar surface area (TPSA) is 33.2 Å². The summed E-state index contributed by atoms with van der Waals surface area (Å²) in [6.45, 7) is 3.13. The lowest BCUT2D eigenvalue weighted by Gasteiger charge is -2.27. The van der Waals surface area contributed by atoms with Crippen LogP contribution in [0.4, 0.5) is 0 Å². The van der Waals surface area contributed by atoms with Crippen LogP contribution in [0.15, 0.2) is 5.51 Å². The highest BCUT2D eigenvalue weighted by Crippen LogP contribution is 2.22. The first-order valence-electron chi connectivity index (χ1n) is 4.52. The van der Waals surface area contributed by atoms with Gasteiger partial charge in [0.25, 0.3) is 0 Å². The molecule has 5 heteroatoms. The van der Waals surface area contributed by atoms with Crippen molar-refractivity contribution in [2.75, 3.05) is 6.54 Å². The van der Waals surface area contributed by atoms with Gasteiger partial charge in [0.1, 0.15) is 5.38 Å². The van der Waals surface area contributed by atoms with Gasteiger partial charge in [-0.15, -0.1) is 22.9 Å². The maximum absolute atomic E-state index is 11.6. The molecule has 2 rings (SSSR count). The number of halogens is 1. The average molecular weight is 231 g/mol. The highest BCUT2D eigenvalue weighted by molar-refractivity contribution is 7.09. The van der Waals surface area contributed by atoms with E-state index in [9.17, 15) is 4.79 Å². The molecular formula is C9H11ClN2OS. The Hall–Kier alpha value is -0.610. The van der Waals surface area contributed by atoms with E-state index in [4.69, 9.17) is 11.6 Å². The average Bonchev–Trinajstić information content (AvgIpc) is 2.62. The van der Waals surface area contributed by atoms with Crippen LogP contribution in [-0.2, 0) is 17.8 Å². The Morgan fingerprint density at radius 2 is 2.57 bits per heavy atom. The molecule has 1 unspecified atom stereocenters. The fourth-order valence-corrected chi connectivity index (χ4v) is 2.53. The summed E-state index contributed by atoms with van der Waals surface area (Å²) < 4.78 is 0. The number of hydrogen-bond acceptors (Lipinski definition) is 3. The second-order valence-electron chi connectivity index (χ2n) is 3.35. The van der Waals surface area contributed by atoms with Gasteiger partial charge in [-0.3, -0.25) is 4.79 Å². The molecule has 0 saturated heterocycles. The summed E-state index contributed by atoms with van der Waals surface area (Å²) in [5.41, 5.74) is 2.98. The van der Waals surface area contributed by atoms with Crippen LogP contribution < -0.4 is 0 Å².